The molecular weight excluding hydrogens is 250 g/mol. The van der Waals surface area contributed by atoms with Crippen molar-refractivity contribution in [3.8, 4) is 0 Å². The van der Waals surface area contributed by atoms with E-state index in [4.69, 9.17) is 4.74 Å². The monoisotopic (exact) mass is 279 g/mol. The number of methoxy groups -OCH3 is 1. The van der Waals surface area contributed by atoms with E-state index >= 15 is 0 Å². The van der Waals surface area contributed by atoms with Gasteiger partial charge in [0.2, 0.25) is 0 Å². The van der Waals surface area contributed by atoms with E-state index in [-0.39, 0.29) is 0 Å². The van der Waals surface area contributed by atoms with Crippen LogP contribution in [-0.4, -0.2) is 36.8 Å². The number of hydrogen-bond acceptors (Lipinski definition) is 4. The van der Waals surface area contributed by atoms with Gasteiger partial charge in [0.1, 0.15) is 5.82 Å². The number of nitrogens with zero attached hydrogens (tertiary/aromatic N) is 2. The minimum atomic E-state index is 0.607. The van der Waals surface area contributed by atoms with E-state index in [0.717, 1.165) is 56.2 Å². The fourth-order valence-corrected chi connectivity index (χ4v) is 2.40. The summed E-state index contributed by atoms with van der Waals surface area (Å²) in [6, 6.07) is 0. The third kappa shape index (κ3) is 5.55. The lowest BCUT2D eigenvalue weighted by molar-refractivity contribution is 0.194. The molecule has 1 aromatic heterocycles. The van der Waals surface area contributed by atoms with Crippen molar-refractivity contribution >= 4 is 0 Å². The average molecular weight is 279 g/mol. The van der Waals surface area contributed by atoms with Gasteiger partial charge < -0.3 is 10.1 Å². The Morgan fingerprint density at radius 2 is 1.85 bits per heavy atom. The summed E-state index contributed by atoms with van der Waals surface area (Å²) < 4.78 is 5.08. The number of aromatic nitrogens is 2. The van der Waals surface area contributed by atoms with Crippen LogP contribution in [0, 0.1) is 19.8 Å². The van der Waals surface area contributed by atoms with E-state index in [2.05, 4.69) is 43.0 Å². The van der Waals surface area contributed by atoms with Gasteiger partial charge in [0.25, 0.3) is 0 Å². The van der Waals surface area contributed by atoms with Crippen LogP contribution < -0.4 is 5.32 Å². The molecule has 1 heterocycles. The van der Waals surface area contributed by atoms with E-state index in [1.807, 2.05) is 0 Å². The van der Waals surface area contributed by atoms with Gasteiger partial charge in [-0.25, -0.2) is 9.97 Å². The van der Waals surface area contributed by atoms with Crippen molar-refractivity contribution in [2.45, 2.75) is 47.0 Å². The van der Waals surface area contributed by atoms with Crippen LogP contribution in [0.3, 0.4) is 0 Å². The van der Waals surface area contributed by atoms with Crippen LogP contribution in [0.15, 0.2) is 0 Å². The number of rotatable bonds is 9. The van der Waals surface area contributed by atoms with E-state index < -0.39 is 0 Å². The summed E-state index contributed by atoms with van der Waals surface area (Å²) in [5.74, 6) is 1.55. The van der Waals surface area contributed by atoms with E-state index in [1.54, 1.807) is 7.11 Å². The molecule has 20 heavy (non-hydrogen) atoms. The van der Waals surface area contributed by atoms with Gasteiger partial charge in [-0.15, -0.1) is 0 Å². The zero-order valence-corrected chi connectivity index (χ0v) is 13.6. The van der Waals surface area contributed by atoms with Gasteiger partial charge in [-0.05, 0) is 51.3 Å². The van der Waals surface area contributed by atoms with Gasteiger partial charge in [0.15, 0.2) is 0 Å². The molecule has 4 heteroatoms. The molecule has 114 valence electrons. The lowest BCUT2D eigenvalue weighted by atomic mass is 9.98. The zero-order valence-electron chi connectivity index (χ0n) is 13.6. The maximum absolute atomic E-state index is 5.08. The fraction of sp³-hybridized carbons (Fsp3) is 0.750. The van der Waals surface area contributed by atoms with Crippen molar-refractivity contribution in [2.24, 2.45) is 5.92 Å². The molecule has 0 fully saturated rings. The third-order valence-electron chi connectivity index (χ3n) is 3.51. The molecule has 0 saturated carbocycles. The molecule has 0 aliphatic carbocycles. The Labute approximate surface area is 123 Å². The minimum Gasteiger partial charge on any atom is -0.385 e. The molecule has 0 amide bonds. The van der Waals surface area contributed by atoms with Crippen LogP contribution in [0.1, 0.15) is 43.0 Å². The van der Waals surface area contributed by atoms with Gasteiger partial charge in [-0.2, -0.15) is 0 Å². The Hall–Kier alpha value is -1.00. The molecule has 0 aliphatic rings. The Bertz CT molecular complexity index is 384. The molecule has 1 N–H and O–H groups in total. The smallest absolute Gasteiger partial charge is 0.128 e. The summed E-state index contributed by atoms with van der Waals surface area (Å²) in [6.45, 7) is 11.5. The second-order valence-corrected chi connectivity index (χ2v) is 5.50. The molecule has 0 aromatic carbocycles. The summed E-state index contributed by atoms with van der Waals surface area (Å²) in [7, 11) is 1.73. The highest BCUT2D eigenvalue weighted by molar-refractivity contribution is 5.25. The fourth-order valence-electron chi connectivity index (χ4n) is 2.40. The summed E-state index contributed by atoms with van der Waals surface area (Å²) in [6.07, 6.45) is 2.91. The van der Waals surface area contributed by atoms with Crippen LogP contribution in [0.4, 0.5) is 0 Å². The highest BCUT2D eigenvalue weighted by atomic mass is 16.5. The number of nitrogens with one attached hydrogen (secondary N) is 1. The highest BCUT2D eigenvalue weighted by Gasteiger charge is 2.12. The largest absolute Gasteiger partial charge is 0.385 e. The summed E-state index contributed by atoms with van der Waals surface area (Å²) in [5, 5.41) is 3.40. The highest BCUT2D eigenvalue weighted by Crippen LogP contribution is 2.16. The molecule has 1 rings (SSSR count). The normalized spacial score (nSPS) is 12.7. The van der Waals surface area contributed by atoms with Crippen LogP contribution in [0.2, 0.25) is 0 Å². The molecule has 0 radical (unpaired) electrons. The lowest BCUT2D eigenvalue weighted by Gasteiger charge is -2.16. The quantitative estimate of drug-likeness (QED) is 0.705. The van der Waals surface area contributed by atoms with Crippen LogP contribution in [0.5, 0.6) is 0 Å². The van der Waals surface area contributed by atoms with Gasteiger partial charge in [-0.3, -0.25) is 0 Å². The van der Waals surface area contributed by atoms with E-state index in [0.29, 0.717) is 5.92 Å². The average Bonchev–Trinajstić information content (AvgIpc) is 2.41. The second-order valence-electron chi connectivity index (χ2n) is 5.50. The summed E-state index contributed by atoms with van der Waals surface area (Å²) >= 11 is 0. The van der Waals surface area contributed by atoms with Crippen molar-refractivity contribution in [1.82, 2.24) is 15.3 Å². The van der Waals surface area contributed by atoms with E-state index in [9.17, 15) is 0 Å². The molecule has 1 atom stereocenters. The lowest BCUT2D eigenvalue weighted by Crippen LogP contribution is -2.22. The Morgan fingerprint density at radius 1 is 1.20 bits per heavy atom. The van der Waals surface area contributed by atoms with Gasteiger partial charge >= 0.3 is 0 Å². The molecule has 0 aliphatic heterocycles. The number of aryl methyl sites for hydroxylation is 3. The molecular formula is C16H29N3O. The molecule has 1 aromatic rings. The Kier molecular flexibility index (Phi) is 7.70. The maximum Gasteiger partial charge on any atom is 0.128 e. The first kappa shape index (κ1) is 17.1. The van der Waals surface area contributed by atoms with Crippen molar-refractivity contribution < 1.29 is 4.74 Å². The second kappa shape index (κ2) is 9.03. The van der Waals surface area contributed by atoms with Gasteiger partial charge in [-0.1, -0.05) is 13.8 Å². The van der Waals surface area contributed by atoms with Crippen molar-refractivity contribution in [1.29, 1.82) is 0 Å². The molecule has 0 bridgehead atoms. The van der Waals surface area contributed by atoms with Crippen molar-refractivity contribution in [2.75, 3.05) is 26.8 Å². The SMILES string of the molecule is CCNCC(C)Cc1c(C)nc(CCCOC)nc1C. The third-order valence-corrected chi connectivity index (χ3v) is 3.51. The van der Waals surface area contributed by atoms with E-state index in [1.165, 1.54) is 5.56 Å². The Balaban J connectivity index is 2.68. The molecule has 0 spiro atoms. The first-order valence-electron chi connectivity index (χ1n) is 7.61. The van der Waals surface area contributed by atoms with Gasteiger partial charge in [0, 0.05) is 31.5 Å². The topological polar surface area (TPSA) is 47.0 Å². The van der Waals surface area contributed by atoms with Crippen LogP contribution in [-0.2, 0) is 17.6 Å². The maximum atomic E-state index is 5.08. The van der Waals surface area contributed by atoms with Crippen molar-refractivity contribution in [3.63, 3.8) is 0 Å². The van der Waals surface area contributed by atoms with Crippen molar-refractivity contribution in [3.05, 3.63) is 22.8 Å². The predicted octanol–water partition coefficient (Wildman–Crippen LogP) is 2.46. The molecule has 4 nitrogen and oxygen atoms in total. The Morgan fingerprint density at radius 3 is 2.40 bits per heavy atom. The summed E-state index contributed by atoms with van der Waals surface area (Å²) in [4.78, 5) is 9.30. The molecule has 0 saturated heterocycles. The van der Waals surface area contributed by atoms with Gasteiger partial charge in [0.05, 0.1) is 0 Å². The summed E-state index contributed by atoms with van der Waals surface area (Å²) in [5.41, 5.74) is 3.58. The number of hydrogen-bond donors (Lipinski definition) is 1. The first-order valence-corrected chi connectivity index (χ1v) is 7.61. The number of ether oxygens (including phenoxy) is 1. The van der Waals surface area contributed by atoms with Crippen LogP contribution >= 0.6 is 0 Å². The standard InChI is InChI=1S/C16H29N3O/c1-6-17-11-12(2)10-15-13(3)18-16(19-14(15)4)8-7-9-20-5/h12,17H,6-11H2,1-5H3. The zero-order chi connectivity index (χ0) is 15.0. The minimum absolute atomic E-state index is 0.607. The molecule has 1 unspecified atom stereocenters. The van der Waals surface area contributed by atoms with Crippen LogP contribution in [0.25, 0.3) is 0 Å². The predicted molar refractivity (Wildman–Crippen MR) is 83.1 cm³/mol. The first-order chi connectivity index (χ1) is 9.58.